The van der Waals surface area contributed by atoms with Crippen LogP contribution in [0.5, 0.6) is 0 Å². The maximum Gasteiger partial charge on any atom is 0.291 e. The van der Waals surface area contributed by atoms with Crippen LogP contribution in [0.3, 0.4) is 0 Å². The smallest absolute Gasteiger partial charge is 0.291 e. The quantitative estimate of drug-likeness (QED) is 0.665. The number of furan rings is 1. The molecule has 0 spiro atoms. The Labute approximate surface area is 158 Å². The molecule has 140 valence electrons. The highest BCUT2D eigenvalue weighted by atomic mass is 32.1. The van der Waals surface area contributed by atoms with E-state index in [-0.39, 0.29) is 11.3 Å². The van der Waals surface area contributed by atoms with Crippen LogP contribution in [0.2, 0.25) is 0 Å². The molecule has 0 aliphatic rings. The van der Waals surface area contributed by atoms with Crippen molar-refractivity contribution >= 4 is 28.2 Å². The largest absolute Gasteiger partial charge is 0.459 e. The molecule has 27 heavy (non-hydrogen) atoms. The number of carbonyl (C=O) groups excluding carboxylic acids is 2. The summed E-state index contributed by atoms with van der Waals surface area (Å²) in [6.07, 6.45) is 1.39. The molecule has 0 saturated heterocycles. The Kier molecular flexibility index (Phi) is 5.36. The van der Waals surface area contributed by atoms with Gasteiger partial charge in [0.25, 0.3) is 11.8 Å². The molecule has 1 atom stereocenters. The van der Waals surface area contributed by atoms with Crippen LogP contribution < -0.4 is 10.6 Å². The maximum atomic E-state index is 13.9. The van der Waals surface area contributed by atoms with Crippen molar-refractivity contribution in [2.24, 2.45) is 0 Å². The first-order valence-corrected chi connectivity index (χ1v) is 8.88. The molecule has 1 aromatic carbocycles. The van der Waals surface area contributed by atoms with Crippen molar-refractivity contribution in [1.82, 2.24) is 5.32 Å². The van der Waals surface area contributed by atoms with Gasteiger partial charge in [0.1, 0.15) is 11.6 Å². The number of hydrogen-bond donors (Lipinski definition) is 2. The van der Waals surface area contributed by atoms with E-state index in [4.69, 9.17) is 4.42 Å². The lowest BCUT2D eigenvalue weighted by Gasteiger charge is -2.15. The molecule has 0 aliphatic carbocycles. The summed E-state index contributed by atoms with van der Waals surface area (Å²) >= 11 is 1.10. The summed E-state index contributed by atoms with van der Waals surface area (Å²) in [6, 6.07) is 7.36. The third-order valence-electron chi connectivity index (χ3n) is 3.88. The standard InChI is InChI=1S/C19H16F2N2O3S/c1-10-8-16(23-18(24)15-4-3-7-26-15)27-17(10)19(25)22-11(2)13-6-5-12(20)9-14(13)21/h3-9,11H,1-2H3,(H,22,25)(H,23,24)/t11-/m0/s1. The van der Waals surface area contributed by atoms with Gasteiger partial charge in [-0.05, 0) is 43.7 Å². The number of benzene rings is 1. The molecule has 8 heteroatoms. The van der Waals surface area contributed by atoms with Gasteiger partial charge < -0.3 is 15.1 Å². The minimum atomic E-state index is -0.725. The lowest BCUT2D eigenvalue weighted by Crippen LogP contribution is -2.27. The van der Waals surface area contributed by atoms with Gasteiger partial charge in [0.15, 0.2) is 5.76 Å². The summed E-state index contributed by atoms with van der Waals surface area (Å²) < 4.78 is 31.9. The van der Waals surface area contributed by atoms with Crippen LogP contribution in [-0.4, -0.2) is 11.8 Å². The van der Waals surface area contributed by atoms with Crippen molar-refractivity contribution in [2.75, 3.05) is 5.32 Å². The second-order valence-corrected chi connectivity index (χ2v) is 6.97. The molecule has 2 aromatic heterocycles. The Morgan fingerprint density at radius 2 is 1.93 bits per heavy atom. The average molecular weight is 390 g/mol. The summed E-state index contributed by atoms with van der Waals surface area (Å²) in [7, 11) is 0. The Morgan fingerprint density at radius 3 is 2.59 bits per heavy atom. The highest BCUT2D eigenvalue weighted by Crippen LogP contribution is 2.28. The third-order valence-corrected chi connectivity index (χ3v) is 5.03. The normalized spacial score (nSPS) is 11.9. The fourth-order valence-corrected chi connectivity index (χ4v) is 3.51. The molecule has 2 amide bonds. The molecule has 3 rings (SSSR count). The zero-order chi connectivity index (χ0) is 19.6. The fourth-order valence-electron chi connectivity index (χ4n) is 2.54. The van der Waals surface area contributed by atoms with Gasteiger partial charge in [-0.1, -0.05) is 6.07 Å². The topological polar surface area (TPSA) is 71.3 Å². The third kappa shape index (κ3) is 4.22. The van der Waals surface area contributed by atoms with Crippen LogP contribution in [0.4, 0.5) is 13.8 Å². The van der Waals surface area contributed by atoms with Crippen LogP contribution in [0.1, 0.15) is 44.3 Å². The highest BCUT2D eigenvalue weighted by Gasteiger charge is 2.20. The minimum absolute atomic E-state index is 0.160. The maximum absolute atomic E-state index is 13.9. The fraction of sp³-hybridized carbons (Fsp3) is 0.158. The van der Waals surface area contributed by atoms with Crippen LogP contribution in [0, 0.1) is 18.6 Å². The first-order chi connectivity index (χ1) is 12.8. The number of halogens is 2. The average Bonchev–Trinajstić information content (AvgIpc) is 3.24. The highest BCUT2D eigenvalue weighted by molar-refractivity contribution is 7.18. The predicted octanol–water partition coefficient (Wildman–Crippen LogP) is 4.67. The van der Waals surface area contributed by atoms with E-state index in [1.165, 1.54) is 18.4 Å². The second kappa shape index (κ2) is 7.71. The number of amides is 2. The molecule has 0 aliphatic heterocycles. The Hall–Kier alpha value is -3.00. The Balaban J connectivity index is 1.71. The lowest BCUT2D eigenvalue weighted by atomic mass is 10.1. The van der Waals surface area contributed by atoms with E-state index in [0.29, 0.717) is 15.4 Å². The zero-order valence-corrected chi connectivity index (χ0v) is 15.3. The number of nitrogens with one attached hydrogen (secondary N) is 2. The number of rotatable bonds is 5. The predicted molar refractivity (Wildman–Crippen MR) is 98.0 cm³/mol. The van der Waals surface area contributed by atoms with Crippen LogP contribution >= 0.6 is 11.3 Å². The van der Waals surface area contributed by atoms with Gasteiger partial charge in [0, 0.05) is 11.6 Å². The summed E-state index contributed by atoms with van der Waals surface area (Å²) in [5.41, 5.74) is 0.851. The lowest BCUT2D eigenvalue weighted by molar-refractivity contribution is 0.0941. The van der Waals surface area contributed by atoms with Gasteiger partial charge in [-0.15, -0.1) is 11.3 Å². The zero-order valence-electron chi connectivity index (χ0n) is 14.5. The van der Waals surface area contributed by atoms with E-state index in [9.17, 15) is 18.4 Å². The summed E-state index contributed by atoms with van der Waals surface area (Å²) in [6.45, 7) is 3.34. The Morgan fingerprint density at radius 1 is 1.15 bits per heavy atom. The molecule has 0 fully saturated rings. The van der Waals surface area contributed by atoms with E-state index < -0.39 is 29.5 Å². The molecule has 0 bridgehead atoms. The van der Waals surface area contributed by atoms with Gasteiger partial charge in [-0.2, -0.15) is 0 Å². The van der Waals surface area contributed by atoms with Crippen LogP contribution in [-0.2, 0) is 0 Å². The summed E-state index contributed by atoms with van der Waals surface area (Å²) in [4.78, 5) is 24.9. The molecule has 0 unspecified atom stereocenters. The number of anilines is 1. The van der Waals surface area contributed by atoms with Crippen molar-refractivity contribution in [3.63, 3.8) is 0 Å². The van der Waals surface area contributed by atoms with Gasteiger partial charge in [0.05, 0.1) is 22.2 Å². The number of hydrogen-bond acceptors (Lipinski definition) is 4. The van der Waals surface area contributed by atoms with Crippen molar-refractivity contribution in [2.45, 2.75) is 19.9 Å². The molecule has 2 heterocycles. The van der Waals surface area contributed by atoms with Crippen LogP contribution in [0.15, 0.2) is 47.1 Å². The van der Waals surface area contributed by atoms with Crippen molar-refractivity contribution in [3.8, 4) is 0 Å². The number of carbonyl (C=O) groups is 2. The second-order valence-electron chi connectivity index (χ2n) is 5.92. The SMILES string of the molecule is Cc1cc(NC(=O)c2ccco2)sc1C(=O)N[C@@H](C)c1ccc(F)cc1F. The van der Waals surface area contributed by atoms with E-state index >= 15 is 0 Å². The van der Waals surface area contributed by atoms with Crippen molar-refractivity contribution in [1.29, 1.82) is 0 Å². The number of thiophene rings is 1. The van der Waals surface area contributed by atoms with Gasteiger partial charge >= 0.3 is 0 Å². The molecule has 5 nitrogen and oxygen atoms in total. The van der Waals surface area contributed by atoms with Crippen molar-refractivity contribution < 1.29 is 22.8 Å². The van der Waals surface area contributed by atoms with E-state index in [1.54, 1.807) is 26.0 Å². The molecular weight excluding hydrogens is 374 g/mol. The number of aryl methyl sites for hydroxylation is 1. The van der Waals surface area contributed by atoms with Gasteiger partial charge in [0.2, 0.25) is 0 Å². The van der Waals surface area contributed by atoms with Crippen molar-refractivity contribution in [3.05, 3.63) is 76.1 Å². The Bertz CT molecular complexity index is 983. The summed E-state index contributed by atoms with van der Waals surface area (Å²) in [5.74, 6) is -2.08. The van der Waals surface area contributed by atoms with E-state index in [0.717, 1.165) is 23.5 Å². The first-order valence-electron chi connectivity index (χ1n) is 8.06. The van der Waals surface area contributed by atoms with E-state index in [2.05, 4.69) is 10.6 Å². The van der Waals surface area contributed by atoms with Crippen LogP contribution in [0.25, 0.3) is 0 Å². The molecule has 0 saturated carbocycles. The van der Waals surface area contributed by atoms with Gasteiger partial charge in [-0.25, -0.2) is 8.78 Å². The summed E-state index contributed by atoms with van der Waals surface area (Å²) in [5, 5.41) is 5.84. The molecule has 0 radical (unpaired) electrons. The first kappa shape index (κ1) is 18.8. The molecular formula is C19H16F2N2O3S. The monoisotopic (exact) mass is 390 g/mol. The molecule has 2 N–H and O–H groups in total. The minimum Gasteiger partial charge on any atom is -0.459 e. The molecule has 3 aromatic rings. The van der Waals surface area contributed by atoms with E-state index in [1.807, 2.05) is 0 Å². The van der Waals surface area contributed by atoms with Gasteiger partial charge in [-0.3, -0.25) is 9.59 Å².